The first-order valence-electron chi connectivity index (χ1n) is 6.49. The van der Waals surface area contributed by atoms with Gasteiger partial charge >= 0.3 is 5.97 Å². The zero-order valence-electron chi connectivity index (χ0n) is 10.7. The van der Waals surface area contributed by atoms with E-state index in [0.29, 0.717) is 24.9 Å². The van der Waals surface area contributed by atoms with Gasteiger partial charge in [0, 0.05) is 31.6 Å². The molecule has 19 heavy (non-hydrogen) atoms. The highest BCUT2D eigenvalue weighted by Crippen LogP contribution is 2.16. The molecule has 0 aliphatic carbocycles. The predicted molar refractivity (Wildman–Crippen MR) is 70.8 cm³/mol. The minimum absolute atomic E-state index is 0.0926. The van der Waals surface area contributed by atoms with Crippen molar-refractivity contribution in [2.24, 2.45) is 0 Å². The number of aliphatic carboxylic acids is 1. The van der Waals surface area contributed by atoms with E-state index in [0.717, 1.165) is 13.1 Å². The molecule has 0 saturated heterocycles. The highest BCUT2D eigenvalue weighted by atomic mass is 16.4. The Kier molecular flexibility index (Phi) is 4.52. The number of nitrogens with one attached hydrogen (secondary N) is 2. The second-order valence-corrected chi connectivity index (χ2v) is 4.69. The third-order valence-corrected chi connectivity index (χ3v) is 3.20. The van der Waals surface area contributed by atoms with Crippen molar-refractivity contribution in [1.29, 1.82) is 0 Å². The van der Waals surface area contributed by atoms with E-state index in [4.69, 9.17) is 5.11 Å². The number of carbonyl (C=O) groups is 2. The van der Waals surface area contributed by atoms with E-state index in [2.05, 4.69) is 10.6 Å². The molecule has 5 nitrogen and oxygen atoms in total. The smallest absolute Gasteiger partial charge is 0.303 e. The van der Waals surface area contributed by atoms with E-state index in [9.17, 15) is 9.59 Å². The van der Waals surface area contributed by atoms with Crippen molar-refractivity contribution in [1.82, 2.24) is 10.6 Å². The van der Waals surface area contributed by atoms with Crippen LogP contribution in [0.2, 0.25) is 0 Å². The molecule has 1 heterocycles. The number of carbonyl (C=O) groups excluding carboxylic acids is 1. The van der Waals surface area contributed by atoms with Gasteiger partial charge in [-0.1, -0.05) is 6.07 Å². The van der Waals surface area contributed by atoms with Crippen LogP contribution in [0.15, 0.2) is 18.2 Å². The van der Waals surface area contributed by atoms with Crippen LogP contribution in [0.1, 0.15) is 40.7 Å². The summed E-state index contributed by atoms with van der Waals surface area (Å²) < 4.78 is 0. The minimum Gasteiger partial charge on any atom is -0.481 e. The summed E-state index contributed by atoms with van der Waals surface area (Å²) in [6.45, 7) is 2.20. The summed E-state index contributed by atoms with van der Waals surface area (Å²) in [5, 5.41) is 14.5. The fourth-order valence-corrected chi connectivity index (χ4v) is 2.14. The van der Waals surface area contributed by atoms with Crippen LogP contribution in [0.4, 0.5) is 0 Å². The Morgan fingerprint density at radius 3 is 2.79 bits per heavy atom. The van der Waals surface area contributed by atoms with Crippen molar-refractivity contribution < 1.29 is 14.7 Å². The summed E-state index contributed by atoms with van der Waals surface area (Å²) >= 11 is 0. The monoisotopic (exact) mass is 262 g/mol. The fourth-order valence-electron chi connectivity index (χ4n) is 2.14. The maximum atomic E-state index is 11.9. The zero-order chi connectivity index (χ0) is 13.7. The molecule has 0 bridgehead atoms. The van der Waals surface area contributed by atoms with Crippen molar-refractivity contribution in [2.75, 3.05) is 6.54 Å². The van der Waals surface area contributed by atoms with Crippen LogP contribution < -0.4 is 10.6 Å². The van der Waals surface area contributed by atoms with E-state index in [-0.39, 0.29) is 12.3 Å². The van der Waals surface area contributed by atoms with E-state index in [1.54, 1.807) is 0 Å². The van der Waals surface area contributed by atoms with Gasteiger partial charge in [-0.15, -0.1) is 0 Å². The fraction of sp³-hybridized carbons (Fsp3) is 0.429. The van der Waals surface area contributed by atoms with Crippen LogP contribution in [0.5, 0.6) is 0 Å². The number of carboxylic acids is 1. The van der Waals surface area contributed by atoms with Crippen molar-refractivity contribution in [3.63, 3.8) is 0 Å². The van der Waals surface area contributed by atoms with Gasteiger partial charge in [-0.25, -0.2) is 0 Å². The predicted octanol–water partition coefficient (Wildman–Crippen LogP) is 1.27. The van der Waals surface area contributed by atoms with Gasteiger partial charge in [0.2, 0.25) is 0 Å². The number of rotatable bonds is 6. The molecule has 0 spiro atoms. The molecule has 0 saturated carbocycles. The van der Waals surface area contributed by atoms with Crippen molar-refractivity contribution in [3.8, 4) is 0 Å². The average Bonchev–Trinajstić information content (AvgIpc) is 2.84. The van der Waals surface area contributed by atoms with Crippen molar-refractivity contribution in [3.05, 3.63) is 34.9 Å². The third kappa shape index (κ3) is 3.79. The second-order valence-electron chi connectivity index (χ2n) is 4.69. The molecular formula is C14H18N2O3. The average molecular weight is 262 g/mol. The third-order valence-electron chi connectivity index (χ3n) is 3.20. The summed E-state index contributed by atoms with van der Waals surface area (Å²) in [6.07, 6.45) is 1.43. The van der Waals surface area contributed by atoms with Gasteiger partial charge in [0.15, 0.2) is 0 Å². The van der Waals surface area contributed by atoms with Gasteiger partial charge in [-0.2, -0.15) is 0 Å². The van der Waals surface area contributed by atoms with Crippen molar-refractivity contribution >= 4 is 11.9 Å². The molecular weight excluding hydrogens is 244 g/mol. The molecule has 0 radical (unpaired) electrons. The molecule has 1 aliphatic rings. The standard InChI is InChI=1S/C14H18N2O3/c17-13(18)3-1-2-6-16-14(19)10-4-5-11-8-15-9-12(11)7-10/h4-5,7,15H,1-3,6,8-9H2,(H,16,19)(H,17,18). The minimum atomic E-state index is -0.794. The molecule has 0 fully saturated rings. The lowest BCUT2D eigenvalue weighted by molar-refractivity contribution is -0.137. The number of unbranched alkanes of at least 4 members (excludes halogenated alkanes) is 1. The number of hydrogen-bond donors (Lipinski definition) is 3. The molecule has 1 aromatic carbocycles. The molecule has 2 rings (SSSR count). The molecule has 3 N–H and O–H groups in total. The van der Waals surface area contributed by atoms with Crippen LogP contribution in [0, 0.1) is 0 Å². The zero-order valence-corrected chi connectivity index (χ0v) is 10.7. The normalized spacial score (nSPS) is 13.1. The lowest BCUT2D eigenvalue weighted by Gasteiger charge is -2.06. The SMILES string of the molecule is O=C(O)CCCCNC(=O)c1ccc2c(c1)CNC2. The number of fused-ring (bicyclic) bond motifs is 1. The van der Waals surface area contributed by atoms with Gasteiger partial charge in [0.1, 0.15) is 0 Å². The highest BCUT2D eigenvalue weighted by molar-refractivity contribution is 5.94. The Bertz CT molecular complexity index is 486. The molecule has 5 heteroatoms. The summed E-state index contributed by atoms with van der Waals surface area (Å²) in [7, 11) is 0. The van der Waals surface area contributed by atoms with Gasteiger partial charge in [0.25, 0.3) is 5.91 Å². The van der Waals surface area contributed by atoms with Crippen LogP contribution in [-0.4, -0.2) is 23.5 Å². The summed E-state index contributed by atoms with van der Waals surface area (Å²) in [5.41, 5.74) is 3.09. The molecule has 0 unspecified atom stereocenters. The molecule has 1 aliphatic heterocycles. The molecule has 1 amide bonds. The van der Waals surface area contributed by atoms with Crippen molar-refractivity contribution in [2.45, 2.75) is 32.4 Å². The summed E-state index contributed by atoms with van der Waals surface area (Å²) in [4.78, 5) is 22.2. The van der Waals surface area contributed by atoms with Crippen LogP contribution >= 0.6 is 0 Å². The highest BCUT2D eigenvalue weighted by Gasteiger charge is 2.13. The molecule has 102 valence electrons. The maximum absolute atomic E-state index is 11.9. The molecule has 0 atom stereocenters. The Balaban J connectivity index is 1.78. The first kappa shape index (κ1) is 13.5. The van der Waals surface area contributed by atoms with E-state index in [1.165, 1.54) is 11.1 Å². The number of amides is 1. The summed E-state index contributed by atoms with van der Waals surface area (Å²) in [6, 6.07) is 5.73. The lowest BCUT2D eigenvalue weighted by Crippen LogP contribution is -2.24. The van der Waals surface area contributed by atoms with E-state index in [1.807, 2.05) is 18.2 Å². The largest absolute Gasteiger partial charge is 0.481 e. The lowest BCUT2D eigenvalue weighted by atomic mass is 10.1. The molecule has 0 aromatic heterocycles. The maximum Gasteiger partial charge on any atom is 0.303 e. The van der Waals surface area contributed by atoms with Gasteiger partial charge < -0.3 is 15.7 Å². The van der Waals surface area contributed by atoms with E-state index >= 15 is 0 Å². The van der Waals surface area contributed by atoms with Crippen LogP contribution in [0.25, 0.3) is 0 Å². The van der Waals surface area contributed by atoms with Gasteiger partial charge in [-0.3, -0.25) is 9.59 Å². The number of benzene rings is 1. The molecule has 1 aromatic rings. The Morgan fingerprint density at radius 2 is 2.00 bits per heavy atom. The van der Waals surface area contributed by atoms with E-state index < -0.39 is 5.97 Å². The Morgan fingerprint density at radius 1 is 1.21 bits per heavy atom. The van der Waals surface area contributed by atoms with Gasteiger partial charge in [-0.05, 0) is 36.1 Å². The summed E-state index contributed by atoms with van der Waals surface area (Å²) in [5.74, 6) is -0.887. The quantitative estimate of drug-likeness (QED) is 0.675. The van der Waals surface area contributed by atoms with Crippen LogP contribution in [-0.2, 0) is 17.9 Å². The van der Waals surface area contributed by atoms with Crippen LogP contribution in [0.3, 0.4) is 0 Å². The van der Waals surface area contributed by atoms with Gasteiger partial charge in [0.05, 0.1) is 0 Å². The second kappa shape index (κ2) is 6.33. The first-order chi connectivity index (χ1) is 9.16. The Hall–Kier alpha value is -1.88. The first-order valence-corrected chi connectivity index (χ1v) is 6.49. The number of carboxylic acid groups (broad SMARTS) is 1. The topological polar surface area (TPSA) is 78.4 Å². The Labute approximate surface area is 112 Å². The number of hydrogen-bond acceptors (Lipinski definition) is 3.